The van der Waals surface area contributed by atoms with Gasteiger partial charge in [-0.15, -0.1) is 0 Å². The molecule has 0 bridgehead atoms. The summed E-state index contributed by atoms with van der Waals surface area (Å²) in [7, 11) is 1.78. The summed E-state index contributed by atoms with van der Waals surface area (Å²) in [4.78, 5) is 6.50. The highest BCUT2D eigenvalue weighted by Gasteiger charge is 2.13. The van der Waals surface area contributed by atoms with Crippen LogP contribution in [-0.4, -0.2) is 38.3 Å². The largest absolute Gasteiger partial charge is 0.380 e. The van der Waals surface area contributed by atoms with E-state index in [2.05, 4.69) is 22.1 Å². The Morgan fingerprint density at radius 2 is 2.06 bits per heavy atom. The van der Waals surface area contributed by atoms with E-state index in [0.29, 0.717) is 29.1 Å². The Hall–Kier alpha value is -0.710. The van der Waals surface area contributed by atoms with Crippen LogP contribution in [0.4, 0.5) is 11.6 Å². The van der Waals surface area contributed by atoms with Gasteiger partial charge in [0.1, 0.15) is 11.6 Å². The number of anilines is 2. The maximum Gasteiger partial charge on any atom is 0.150 e. The topological polar surface area (TPSA) is 37.4 Å². The minimum Gasteiger partial charge on any atom is -0.380 e. The van der Waals surface area contributed by atoms with Gasteiger partial charge in [0.15, 0.2) is 0 Å². The molecule has 1 rings (SSSR count). The van der Waals surface area contributed by atoms with Crippen LogP contribution in [0.5, 0.6) is 0 Å². The molecule has 0 radical (unpaired) electrons. The fourth-order valence-electron chi connectivity index (χ4n) is 1.59. The highest BCUT2D eigenvalue weighted by molar-refractivity contribution is 6.37. The Labute approximate surface area is 118 Å². The second-order valence-corrected chi connectivity index (χ2v) is 4.47. The second kappa shape index (κ2) is 7.67. The van der Waals surface area contributed by atoms with Gasteiger partial charge in [-0.3, -0.25) is 0 Å². The van der Waals surface area contributed by atoms with Crippen molar-refractivity contribution in [2.75, 3.05) is 43.6 Å². The zero-order valence-electron chi connectivity index (χ0n) is 11.0. The molecule has 0 atom stereocenters. The lowest BCUT2D eigenvalue weighted by Crippen LogP contribution is -2.28. The van der Waals surface area contributed by atoms with E-state index < -0.39 is 0 Å². The summed E-state index contributed by atoms with van der Waals surface area (Å²) in [5.74, 6) is 1.36. The van der Waals surface area contributed by atoms with Gasteiger partial charge in [-0.2, -0.15) is 0 Å². The quantitative estimate of drug-likeness (QED) is 0.782. The van der Waals surface area contributed by atoms with E-state index in [4.69, 9.17) is 27.9 Å². The van der Waals surface area contributed by atoms with Crippen molar-refractivity contribution in [3.63, 3.8) is 0 Å². The van der Waals surface area contributed by atoms with Crippen molar-refractivity contribution in [1.82, 2.24) is 4.98 Å². The number of nitrogens with zero attached hydrogens (tertiary/aromatic N) is 2. The fraction of sp³-hybridized carbons (Fsp3) is 0.583. The number of hydrogen-bond donors (Lipinski definition) is 1. The maximum absolute atomic E-state index is 6.19. The van der Waals surface area contributed by atoms with E-state index in [-0.39, 0.29) is 0 Å². The third-order valence-corrected chi connectivity index (χ3v) is 3.10. The molecule has 102 valence electrons. The Morgan fingerprint density at radius 3 is 2.61 bits per heavy atom. The van der Waals surface area contributed by atoms with Crippen LogP contribution in [0.1, 0.15) is 13.8 Å². The number of aromatic nitrogens is 1. The Morgan fingerprint density at radius 1 is 1.33 bits per heavy atom. The zero-order chi connectivity index (χ0) is 13.5. The van der Waals surface area contributed by atoms with Crippen molar-refractivity contribution < 1.29 is 4.74 Å². The SMILES string of the molecule is CCOCCN(CC)c1nc(NC)c(Cl)cc1Cl. The Bertz CT molecular complexity index is 388. The van der Waals surface area contributed by atoms with Crippen molar-refractivity contribution in [3.05, 3.63) is 16.1 Å². The summed E-state index contributed by atoms with van der Waals surface area (Å²) >= 11 is 12.2. The molecule has 0 aromatic carbocycles. The molecule has 4 nitrogen and oxygen atoms in total. The van der Waals surface area contributed by atoms with E-state index in [0.717, 1.165) is 18.9 Å². The molecule has 0 amide bonds. The first-order chi connectivity index (χ1) is 8.63. The van der Waals surface area contributed by atoms with Crippen molar-refractivity contribution in [2.45, 2.75) is 13.8 Å². The standard InChI is InChI=1S/C12H19Cl2N3O/c1-4-17(6-7-18-5-2)12-10(14)8-9(13)11(15-3)16-12/h8H,4-7H2,1-3H3,(H,15,16). The van der Waals surface area contributed by atoms with Crippen LogP contribution in [0.25, 0.3) is 0 Å². The molecule has 6 heteroatoms. The zero-order valence-corrected chi connectivity index (χ0v) is 12.5. The lowest BCUT2D eigenvalue weighted by Gasteiger charge is -2.23. The molecule has 1 aromatic rings. The van der Waals surface area contributed by atoms with Crippen LogP contribution in [-0.2, 0) is 4.74 Å². The molecular weight excluding hydrogens is 273 g/mol. The number of likely N-dealkylation sites (N-methyl/N-ethyl adjacent to an activating group) is 1. The van der Waals surface area contributed by atoms with Crippen molar-refractivity contribution >= 4 is 34.8 Å². The third-order valence-electron chi connectivity index (χ3n) is 2.54. The first-order valence-corrected chi connectivity index (χ1v) is 6.76. The van der Waals surface area contributed by atoms with Crippen LogP contribution in [0.2, 0.25) is 10.0 Å². The van der Waals surface area contributed by atoms with Gasteiger partial charge in [0.25, 0.3) is 0 Å². The second-order valence-electron chi connectivity index (χ2n) is 3.65. The number of hydrogen-bond acceptors (Lipinski definition) is 4. The summed E-state index contributed by atoms with van der Waals surface area (Å²) in [5, 5.41) is 4.02. The minimum absolute atomic E-state index is 0.520. The number of ether oxygens (including phenoxy) is 1. The molecule has 0 saturated carbocycles. The average molecular weight is 292 g/mol. The maximum atomic E-state index is 6.19. The Kier molecular flexibility index (Phi) is 6.54. The lowest BCUT2D eigenvalue weighted by atomic mass is 10.4. The number of halogens is 2. The van der Waals surface area contributed by atoms with E-state index in [1.165, 1.54) is 0 Å². The molecule has 1 heterocycles. The highest BCUT2D eigenvalue weighted by atomic mass is 35.5. The van der Waals surface area contributed by atoms with Crippen LogP contribution in [0.15, 0.2) is 6.07 Å². The van der Waals surface area contributed by atoms with E-state index in [1.54, 1.807) is 13.1 Å². The van der Waals surface area contributed by atoms with Gasteiger partial charge in [-0.25, -0.2) is 4.98 Å². The van der Waals surface area contributed by atoms with E-state index >= 15 is 0 Å². The first-order valence-electron chi connectivity index (χ1n) is 6.00. The first kappa shape index (κ1) is 15.3. The van der Waals surface area contributed by atoms with Crippen LogP contribution >= 0.6 is 23.2 Å². The molecule has 0 saturated heterocycles. The summed E-state index contributed by atoms with van der Waals surface area (Å²) < 4.78 is 5.35. The van der Waals surface area contributed by atoms with E-state index in [1.807, 2.05) is 6.92 Å². The molecule has 0 spiro atoms. The van der Waals surface area contributed by atoms with Crippen LogP contribution in [0.3, 0.4) is 0 Å². The van der Waals surface area contributed by atoms with Gasteiger partial charge in [0.05, 0.1) is 16.7 Å². The molecule has 0 aliphatic rings. The van der Waals surface area contributed by atoms with Crippen molar-refractivity contribution in [3.8, 4) is 0 Å². The summed E-state index contributed by atoms with van der Waals surface area (Å²) in [6.07, 6.45) is 0. The predicted molar refractivity (Wildman–Crippen MR) is 78.2 cm³/mol. The normalized spacial score (nSPS) is 10.5. The van der Waals surface area contributed by atoms with Gasteiger partial charge < -0.3 is 15.0 Å². The van der Waals surface area contributed by atoms with Crippen molar-refractivity contribution in [2.24, 2.45) is 0 Å². The minimum atomic E-state index is 0.520. The molecule has 18 heavy (non-hydrogen) atoms. The molecule has 1 N–H and O–H groups in total. The molecule has 0 fully saturated rings. The third kappa shape index (κ3) is 3.90. The number of rotatable bonds is 7. The van der Waals surface area contributed by atoms with Crippen LogP contribution in [0, 0.1) is 0 Å². The fourth-order valence-corrected chi connectivity index (χ4v) is 2.16. The molecule has 0 aliphatic heterocycles. The average Bonchev–Trinajstić information content (AvgIpc) is 2.36. The molecular formula is C12H19Cl2N3O. The molecule has 0 aliphatic carbocycles. The van der Waals surface area contributed by atoms with E-state index in [9.17, 15) is 0 Å². The number of nitrogens with one attached hydrogen (secondary N) is 1. The highest BCUT2D eigenvalue weighted by Crippen LogP contribution is 2.31. The Balaban J connectivity index is 2.90. The monoisotopic (exact) mass is 291 g/mol. The molecule has 0 unspecified atom stereocenters. The van der Waals surface area contributed by atoms with Gasteiger partial charge in [-0.05, 0) is 19.9 Å². The van der Waals surface area contributed by atoms with Crippen LogP contribution < -0.4 is 10.2 Å². The molecule has 1 aromatic heterocycles. The van der Waals surface area contributed by atoms with Gasteiger partial charge >= 0.3 is 0 Å². The summed E-state index contributed by atoms with van der Waals surface area (Å²) in [6, 6.07) is 1.71. The lowest BCUT2D eigenvalue weighted by molar-refractivity contribution is 0.154. The van der Waals surface area contributed by atoms with Gasteiger partial charge in [-0.1, -0.05) is 23.2 Å². The van der Waals surface area contributed by atoms with Crippen molar-refractivity contribution in [1.29, 1.82) is 0 Å². The smallest absolute Gasteiger partial charge is 0.150 e. The van der Waals surface area contributed by atoms with Gasteiger partial charge in [0.2, 0.25) is 0 Å². The summed E-state index contributed by atoms with van der Waals surface area (Å²) in [6.45, 7) is 6.95. The van der Waals surface area contributed by atoms with Gasteiger partial charge in [0, 0.05) is 26.7 Å². The predicted octanol–water partition coefficient (Wildman–Crippen LogP) is 3.29. The summed E-state index contributed by atoms with van der Waals surface area (Å²) in [5.41, 5.74) is 0. The number of pyridine rings is 1.